The van der Waals surface area contributed by atoms with E-state index in [0.717, 1.165) is 17.2 Å². The van der Waals surface area contributed by atoms with Gasteiger partial charge in [0.2, 0.25) is 11.8 Å². The fraction of sp³-hybridized carbons (Fsp3) is 0.269. The molecule has 4 rings (SSSR count). The number of hydrogen-bond acceptors (Lipinski definition) is 3. The number of anilines is 1. The lowest BCUT2D eigenvalue weighted by molar-refractivity contribution is -0.139. The van der Waals surface area contributed by atoms with Crippen LogP contribution in [-0.4, -0.2) is 41.8 Å². The molecule has 1 heterocycles. The Kier molecular flexibility index (Phi) is 7.10. The normalized spacial score (nSPS) is 13.3. The van der Waals surface area contributed by atoms with Gasteiger partial charge in [-0.3, -0.25) is 19.3 Å². The molecule has 1 atom stereocenters. The van der Waals surface area contributed by atoms with E-state index in [9.17, 15) is 14.4 Å². The minimum atomic E-state index is -0.790. The molecule has 0 aromatic heterocycles. The van der Waals surface area contributed by atoms with E-state index in [1.807, 2.05) is 37.3 Å². The van der Waals surface area contributed by atoms with Crippen molar-refractivity contribution >= 4 is 57.4 Å². The molecule has 3 aromatic carbocycles. The summed E-state index contributed by atoms with van der Waals surface area (Å²) < 4.78 is 0. The largest absolute Gasteiger partial charge is 0.354 e. The summed E-state index contributed by atoms with van der Waals surface area (Å²) in [6.07, 6.45) is 0.771. The van der Waals surface area contributed by atoms with Gasteiger partial charge < -0.3 is 10.2 Å². The Morgan fingerprint density at radius 2 is 1.68 bits per heavy atom. The molecule has 0 unspecified atom stereocenters. The van der Waals surface area contributed by atoms with Crippen molar-refractivity contribution in [1.29, 1.82) is 0 Å². The van der Waals surface area contributed by atoms with Gasteiger partial charge in [0.25, 0.3) is 5.91 Å². The van der Waals surface area contributed by atoms with Crippen molar-refractivity contribution in [2.75, 3.05) is 18.0 Å². The lowest BCUT2D eigenvalue weighted by Gasteiger charge is -2.31. The first-order valence-corrected chi connectivity index (χ1v) is 11.9. The van der Waals surface area contributed by atoms with E-state index in [4.69, 9.17) is 23.2 Å². The molecule has 0 aliphatic carbocycles. The number of nitrogens with zero attached hydrogens (tertiary/aromatic N) is 2. The Bertz CT molecular complexity index is 1250. The number of carbonyl (C=O) groups excluding carboxylic acids is 3. The lowest BCUT2D eigenvalue weighted by atomic mass is 10.1. The summed E-state index contributed by atoms with van der Waals surface area (Å²) in [7, 11) is 0. The van der Waals surface area contributed by atoms with Crippen LogP contribution >= 0.6 is 23.2 Å². The zero-order valence-corrected chi connectivity index (χ0v) is 20.5. The number of hydrogen-bond donors (Lipinski definition) is 1. The van der Waals surface area contributed by atoms with Crippen LogP contribution in [0.2, 0.25) is 10.0 Å². The number of carbonyl (C=O) groups is 3. The van der Waals surface area contributed by atoms with Crippen molar-refractivity contribution in [3.63, 3.8) is 0 Å². The maximum absolute atomic E-state index is 13.6. The Morgan fingerprint density at radius 3 is 2.35 bits per heavy atom. The van der Waals surface area contributed by atoms with Crippen LogP contribution in [0.5, 0.6) is 0 Å². The third-order valence-electron chi connectivity index (χ3n) is 6.05. The van der Waals surface area contributed by atoms with Crippen LogP contribution in [-0.2, 0) is 16.1 Å². The molecule has 0 saturated heterocycles. The van der Waals surface area contributed by atoms with Gasteiger partial charge in [0.1, 0.15) is 12.6 Å². The van der Waals surface area contributed by atoms with Crippen LogP contribution in [0.25, 0.3) is 10.8 Å². The standard InChI is InChI=1S/C26H25Cl2N3O3/c1-3-13-29-25(33)16(2)30(14-19-20(27)10-6-11-21(19)28)23(32)15-31-22-12-5-8-17-7-4-9-18(24(17)22)26(31)34/h4-12,16H,3,13-15H2,1-2H3,(H,29,33)/t16-/m1/s1. The molecule has 1 aliphatic rings. The second kappa shape index (κ2) is 10.0. The fourth-order valence-corrected chi connectivity index (χ4v) is 4.71. The van der Waals surface area contributed by atoms with E-state index in [0.29, 0.717) is 33.4 Å². The fourth-order valence-electron chi connectivity index (χ4n) is 4.19. The van der Waals surface area contributed by atoms with E-state index < -0.39 is 6.04 Å². The first-order valence-electron chi connectivity index (χ1n) is 11.2. The second-order valence-corrected chi connectivity index (χ2v) is 9.08. The molecule has 3 aromatic rings. The summed E-state index contributed by atoms with van der Waals surface area (Å²) in [5.74, 6) is -0.899. The summed E-state index contributed by atoms with van der Waals surface area (Å²) in [5, 5.41) is 5.41. The van der Waals surface area contributed by atoms with Gasteiger partial charge in [-0.05, 0) is 43.0 Å². The van der Waals surface area contributed by atoms with Gasteiger partial charge in [-0.1, -0.05) is 60.5 Å². The molecule has 1 aliphatic heterocycles. The number of rotatable bonds is 8. The SMILES string of the molecule is CCCNC(=O)[C@@H](C)N(Cc1c(Cl)cccc1Cl)C(=O)CN1C(=O)c2cccc3cccc1c23. The van der Waals surface area contributed by atoms with Crippen molar-refractivity contribution in [2.45, 2.75) is 32.9 Å². The number of benzene rings is 3. The minimum Gasteiger partial charge on any atom is -0.354 e. The van der Waals surface area contributed by atoms with Gasteiger partial charge >= 0.3 is 0 Å². The van der Waals surface area contributed by atoms with Gasteiger partial charge in [-0.2, -0.15) is 0 Å². The molecule has 6 nitrogen and oxygen atoms in total. The number of halogens is 2. The molecule has 3 amide bonds. The van der Waals surface area contributed by atoms with Crippen molar-refractivity contribution in [2.24, 2.45) is 0 Å². The third-order valence-corrected chi connectivity index (χ3v) is 6.76. The average Bonchev–Trinajstić information content (AvgIpc) is 3.10. The molecule has 0 saturated carbocycles. The van der Waals surface area contributed by atoms with Gasteiger partial charge in [-0.15, -0.1) is 0 Å². The van der Waals surface area contributed by atoms with Crippen LogP contribution in [0, 0.1) is 0 Å². The Labute approximate surface area is 208 Å². The molecule has 8 heteroatoms. The summed E-state index contributed by atoms with van der Waals surface area (Å²) in [5.41, 5.74) is 1.80. The smallest absolute Gasteiger partial charge is 0.259 e. The molecule has 0 fully saturated rings. The molecule has 176 valence electrons. The molecule has 0 spiro atoms. The van der Waals surface area contributed by atoms with E-state index in [-0.39, 0.29) is 30.8 Å². The summed E-state index contributed by atoms with van der Waals surface area (Å²) >= 11 is 12.7. The van der Waals surface area contributed by atoms with Crippen molar-refractivity contribution in [3.05, 3.63) is 75.8 Å². The topological polar surface area (TPSA) is 69.7 Å². The van der Waals surface area contributed by atoms with Gasteiger partial charge in [-0.25, -0.2) is 0 Å². The Balaban J connectivity index is 1.65. The zero-order chi connectivity index (χ0) is 24.4. The first kappa shape index (κ1) is 24.0. The van der Waals surface area contributed by atoms with Gasteiger partial charge in [0.15, 0.2) is 0 Å². The lowest BCUT2D eigenvalue weighted by Crippen LogP contribution is -2.51. The highest BCUT2D eigenvalue weighted by Crippen LogP contribution is 2.37. The molecular formula is C26H25Cl2N3O3. The van der Waals surface area contributed by atoms with E-state index >= 15 is 0 Å². The van der Waals surface area contributed by atoms with Crippen LogP contribution in [0.4, 0.5) is 5.69 Å². The molecule has 0 radical (unpaired) electrons. The molecule has 34 heavy (non-hydrogen) atoms. The average molecular weight is 498 g/mol. The number of nitrogens with one attached hydrogen (secondary N) is 1. The highest BCUT2D eigenvalue weighted by atomic mass is 35.5. The Hall–Kier alpha value is -3.09. The van der Waals surface area contributed by atoms with Crippen molar-refractivity contribution in [3.8, 4) is 0 Å². The van der Waals surface area contributed by atoms with Crippen molar-refractivity contribution < 1.29 is 14.4 Å². The van der Waals surface area contributed by atoms with Crippen LogP contribution in [0.15, 0.2) is 54.6 Å². The monoisotopic (exact) mass is 497 g/mol. The first-order chi connectivity index (χ1) is 16.3. The van der Waals surface area contributed by atoms with E-state index in [1.165, 1.54) is 9.80 Å². The second-order valence-electron chi connectivity index (χ2n) is 8.26. The van der Waals surface area contributed by atoms with Crippen LogP contribution in [0.1, 0.15) is 36.2 Å². The maximum Gasteiger partial charge on any atom is 0.259 e. The number of amides is 3. The Morgan fingerprint density at radius 1 is 1.03 bits per heavy atom. The third kappa shape index (κ3) is 4.48. The van der Waals surface area contributed by atoms with Gasteiger partial charge in [0.05, 0.1) is 5.69 Å². The highest BCUT2D eigenvalue weighted by molar-refractivity contribution is 6.36. The van der Waals surface area contributed by atoms with Gasteiger partial charge in [0, 0.05) is 39.6 Å². The zero-order valence-electron chi connectivity index (χ0n) is 19.0. The highest BCUT2D eigenvalue weighted by Gasteiger charge is 2.34. The van der Waals surface area contributed by atoms with Crippen molar-refractivity contribution in [1.82, 2.24) is 10.2 Å². The van der Waals surface area contributed by atoms with Crippen LogP contribution in [0.3, 0.4) is 0 Å². The summed E-state index contributed by atoms with van der Waals surface area (Å²) in [6.45, 7) is 3.95. The summed E-state index contributed by atoms with van der Waals surface area (Å²) in [6, 6.07) is 15.5. The predicted octanol–water partition coefficient (Wildman–Crippen LogP) is 5.05. The van der Waals surface area contributed by atoms with E-state index in [2.05, 4.69) is 5.32 Å². The van der Waals surface area contributed by atoms with E-state index in [1.54, 1.807) is 31.2 Å². The quantitative estimate of drug-likeness (QED) is 0.473. The molecule has 1 N–H and O–H groups in total. The summed E-state index contributed by atoms with van der Waals surface area (Å²) in [4.78, 5) is 42.5. The maximum atomic E-state index is 13.6. The van der Waals surface area contributed by atoms with Crippen LogP contribution < -0.4 is 10.2 Å². The predicted molar refractivity (Wildman–Crippen MR) is 135 cm³/mol. The molecular weight excluding hydrogens is 473 g/mol. The minimum absolute atomic E-state index is 0.0389. The molecule has 0 bridgehead atoms.